The summed E-state index contributed by atoms with van der Waals surface area (Å²) >= 11 is 0. The van der Waals surface area contributed by atoms with E-state index in [9.17, 15) is 20.1 Å². The van der Waals surface area contributed by atoms with Crippen molar-refractivity contribution in [1.29, 1.82) is 10.5 Å². The van der Waals surface area contributed by atoms with Crippen LogP contribution in [0.4, 0.5) is 0 Å². The van der Waals surface area contributed by atoms with Crippen LogP contribution in [-0.4, -0.2) is 18.2 Å². The zero-order valence-electron chi connectivity index (χ0n) is 14.9. The number of carbonyl (C=O) groups is 2. The average Bonchev–Trinajstić information content (AvgIpc) is 3.03. The Labute approximate surface area is 161 Å². The third-order valence-corrected chi connectivity index (χ3v) is 4.21. The lowest BCUT2D eigenvalue weighted by molar-refractivity contribution is -0.159. The summed E-state index contributed by atoms with van der Waals surface area (Å²) in [6, 6.07) is 16.0. The quantitative estimate of drug-likeness (QED) is 0.300. The van der Waals surface area contributed by atoms with Crippen LogP contribution in [0.25, 0.3) is 16.7 Å². The summed E-state index contributed by atoms with van der Waals surface area (Å²) in [5.41, 5.74) is 3.28. The third kappa shape index (κ3) is 3.15. The SMILES string of the molecule is C=CC(=O)OC(C)OC(=O)c1cccc2c1-c1ccccc1C2=C(C#N)C#N. The molecule has 28 heavy (non-hydrogen) atoms. The van der Waals surface area contributed by atoms with Gasteiger partial charge in [0.15, 0.2) is 0 Å². The fourth-order valence-corrected chi connectivity index (χ4v) is 3.14. The Morgan fingerprint density at radius 3 is 2.29 bits per heavy atom. The summed E-state index contributed by atoms with van der Waals surface area (Å²) in [5.74, 6) is -1.39. The van der Waals surface area contributed by atoms with Crippen LogP contribution in [0.15, 0.2) is 60.7 Å². The van der Waals surface area contributed by atoms with Crippen LogP contribution in [0, 0.1) is 22.7 Å². The van der Waals surface area contributed by atoms with E-state index in [0.717, 1.165) is 11.6 Å². The highest BCUT2D eigenvalue weighted by Gasteiger charge is 2.31. The van der Waals surface area contributed by atoms with Gasteiger partial charge in [-0.2, -0.15) is 10.5 Å². The standard InChI is InChI=1S/C22H14N2O4/c1-3-19(25)27-13(2)28-22(26)18-10-6-9-17-20(14(11-23)12-24)15-7-4-5-8-16(15)21(17)18/h3-10,13H,1H2,2H3. The first-order valence-corrected chi connectivity index (χ1v) is 8.33. The maximum atomic E-state index is 12.7. The van der Waals surface area contributed by atoms with Crippen molar-refractivity contribution in [2.24, 2.45) is 0 Å². The molecule has 0 saturated heterocycles. The van der Waals surface area contributed by atoms with Gasteiger partial charge in [-0.1, -0.05) is 43.0 Å². The Hall–Kier alpha value is -4.16. The van der Waals surface area contributed by atoms with Crippen LogP contribution in [0.3, 0.4) is 0 Å². The monoisotopic (exact) mass is 370 g/mol. The second kappa shape index (κ2) is 7.61. The van der Waals surface area contributed by atoms with E-state index in [0.29, 0.717) is 22.3 Å². The molecule has 3 rings (SSSR count). The molecule has 1 aliphatic rings. The van der Waals surface area contributed by atoms with Crippen molar-refractivity contribution in [2.45, 2.75) is 13.2 Å². The predicted molar refractivity (Wildman–Crippen MR) is 100 cm³/mol. The second-order valence-corrected chi connectivity index (χ2v) is 5.86. The minimum atomic E-state index is -1.10. The van der Waals surface area contributed by atoms with Crippen LogP contribution in [0.1, 0.15) is 28.4 Å². The molecule has 0 heterocycles. The van der Waals surface area contributed by atoms with Crippen molar-refractivity contribution in [3.05, 3.63) is 77.4 Å². The summed E-state index contributed by atoms with van der Waals surface area (Å²) < 4.78 is 10.1. The van der Waals surface area contributed by atoms with Crippen molar-refractivity contribution in [3.8, 4) is 23.3 Å². The molecular formula is C22H14N2O4. The third-order valence-electron chi connectivity index (χ3n) is 4.21. The Morgan fingerprint density at radius 2 is 1.64 bits per heavy atom. The number of rotatable bonds is 4. The molecule has 0 fully saturated rings. The Balaban J connectivity index is 2.11. The molecule has 1 atom stereocenters. The minimum Gasteiger partial charge on any atom is -0.422 e. The van der Waals surface area contributed by atoms with E-state index >= 15 is 0 Å². The minimum absolute atomic E-state index is 0.0370. The van der Waals surface area contributed by atoms with Crippen LogP contribution < -0.4 is 0 Å². The van der Waals surface area contributed by atoms with Crippen molar-refractivity contribution < 1.29 is 19.1 Å². The molecule has 0 aromatic heterocycles. The van der Waals surface area contributed by atoms with Gasteiger partial charge in [0.2, 0.25) is 6.29 Å². The van der Waals surface area contributed by atoms with E-state index < -0.39 is 18.2 Å². The molecule has 6 nitrogen and oxygen atoms in total. The number of carbonyl (C=O) groups excluding carboxylic acids is 2. The predicted octanol–water partition coefficient (Wildman–Crippen LogP) is 3.75. The maximum Gasteiger partial charge on any atom is 0.341 e. The van der Waals surface area contributed by atoms with Crippen molar-refractivity contribution in [2.75, 3.05) is 0 Å². The highest BCUT2D eigenvalue weighted by molar-refractivity contribution is 6.10. The van der Waals surface area contributed by atoms with E-state index in [2.05, 4.69) is 6.58 Å². The van der Waals surface area contributed by atoms with Gasteiger partial charge in [-0.3, -0.25) is 0 Å². The number of benzene rings is 2. The fraction of sp³-hybridized carbons (Fsp3) is 0.0909. The second-order valence-electron chi connectivity index (χ2n) is 5.86. The number of nitrogens with zero attached hydrogens (tertiary/aromatic N) is 2. The first-order valence-electron chi connectivity index (χ1n) is 8.33. The Morgan fingerprint density at radius 1 is 1.00 bits per heavy atom. The molecule has 0 radical (unpaired) electrons. The van der Waals surface area contributed by atoms with Gasteiger partial charge in [-0.15, -0.1) is 0 Å². The largest absolute Gasteiger partial charge is 0.422 e. The van der Waals surface area contributed by atoms with Gasteiger partial charge in [0, 0.05) is 24.1 Å². The van der Waals surface area contributed by atoms with E-state index in [-0.39, 0.29) is 11.1 Å². The first-order chi connectivity index (χ1) is 13.5. The molecule has 1 aliphatic carbocycles. The molecule has 0 N–H and O–H groups in total. The lowest BCUT2D eigenvalue weighted by Crippen LogP contribution is -2.21. The molecule has 0 amide bonds. The van der Waals surface area contributed by atoms with E-state index in [1.165, 1.54) is 6.92 Å². The normalized spacial score (nSPS) is 11.9. The first kappa shape index (κ1) is 18.6. The van der Waals surface area contributed by atoms with Crippen LogP contribution in [0.2, 0.25) is 0 Å². The van der Waals surface area contributed by atoms with Gasteiger partial charge in [-0.25, -0.2) is 9.59 Å². The number of fused-ring (bicyclic) bond motifs is 3. The topological polar surface area (TPSA) is 100 Å². The molecular weight excluding hydrogens is 356 g/mol. The Bertz CT molecular complexity index is 1100. The van der Waals surface area contributed by atoms with E-state index in [4.69, 9.17) is 9.47 Å². The van der Waals surface area contributed by atoms with E-state index in [1.807, 2.05) is 18.2 Å². The van der Waals surface area contributed by atoms with Gasteiger partial charge >= 0.3 is 11.9 Å². The number of esters is 2. The highest BCUT2D eigenvalue weighted by atomic mass is 16.7. The van der Waals surface area contributed by atoms with Crippen molar-refractivity contribution in [3.63, 3.8) is 0 Å². The van der Waals surface area contributed by atoms with Gasteiger partial charge in [0.05, 0.1) is 5.56 Å². The highest BCUT2D eigenvalue weighted by Crippen LogP contribution is 2.47. The number of nitriles is 2. The number of hydrogen-bond acceptors (Lipinski definition) is 6. The van der Waals surface area contributed by atoms with Crippen molar-refractivity contribution in [1.82, 2.24) is 0 Å². The lowest BCUT2D eigenvalue weighted by atomic mass is 9.97. The van der Waals surface area contributed by atoms with E-state index in [1.54, 1.807) is 36.4 Å². The molecule has 1 unspecified atom stereocenters. The summed E-state index contributed by atoms with van der Waals surface area (Å²) in [5, 5.41) is 18.7. The van der Waals surface area contributed by atoms with Crippen molar-refractivity contribution >= 4 is 17.5 Å². The molecule has 0 saturated carbocycles. The van der Waals surface area contributed by atoms with Gasteiger partial charge in [0.25, 0.3) is 0 Å². The summed E-state index contributed by atoms with van der Waals surface area (Å²) in [6.45, 7) is 4.71. The summed E-state index contributed by atoms with van der Waals surface area (Å²) in [6.07, 6.45) is -0.127. The Kier molecular flexibility index (Phi) is 5.06. The van der Waals surface area contributed by atoms with Gasteiger partial charge < -0.3 is 9.47 Å². The molecule has 0 spiro atoms. The van der Waals surface area contributed by atoms with Crippen LogP contribution >= 0.6 is 0 Å². The van der Waals surface area contributed by atoms with Crippen LogP contribution in [-0.2, 0) is 14.3 Å². The summed E-state index contributed by atoms with van der Waals surface area (Å²) in [4.78, 5) is 24.0. The zero-order valence-corrected chi connectivity index (χ0v) is 14.9. The van der Waals surface area contributed by atoms with Gasteiger partial charge in [0.1, 0.15) is 17.7 Å². The molecule has 136 valence electrons. The number of ether oxygens (including phenoxy) is 2. The molecule has 0 aliphatic heterocycles. The molecule has 6 heteroatoms. The number of hydrogen-bond donors (Lipinski definition) is 0. The number of allylic oxidation sites excluding steroid dienone is 1. The zero-order chi connectivity index (χ0) is 20.3. The molecule has 0 bridgehead atoms. The fourth-order valence-electron chi connectivity index (χ4n) is 3.14. The average molecular weight is 370 g/mol. The molecule has 2 aromatic carbocycles. The summed E-state index contributed by atoms with van der Waals surface area (Å²) in [7, 11) is 0. The lowest BCUT2D eigenvalue weighted by Gasteiger charge is -2.14. The van der Waals surface area contributed by atoms with Crippen LogP contribution in [0.5, 0.6) is 0 Å². The smallest absolute Gasteiger partial charge is 0.341 e. The maximum absolute atomic E-state index is 12.7. The molecule has 2 aromatic rings. The van der Waals surface area contributed by atoms with Gasteiger partial charge in [-0.05, 0) is 22.8 Å².